The van der Waals surface area contributed by atoms with Crippen LogP contribution in [0.3, 0.4) is 0 Å². The fourth-order valence-electron chi connectivity index (χ4n) is 5.52. The van der Waals surface area contributed by atoms with Gasteiger partial charge in [0, 0.05) is 48.7 Å². The Bertz CT molecular complexity index is 1120. The summed E-state index contributed by atoms with van der Waals surface area (Å²) in [4.78, 5) is 75.2. The predicted molar refractivity (Wildman–Crippen MR) is 148 cm³/mol. The Morgan fingerprint density at radius 3 is 2.04 bits per heavy atom. The molecule has 0 saturated carbocycles. The number of carbonyl (C=O) groups is 6. The van der Waals surface area contributed by atoms with Crippen LogP contribution >= 0.6 is 0 Å². The number of amides is 1. The average molecular weight is 650 g/mol. The predicted octanol–water partition coefficient (Wildman–Crippen LogP) is -5.31. The van der Waals surface area contributed by atoms with Gasteiger partial charge in [-0.2, -0.15) is 0 Å². The summed E-state index contributed by atoms with van der Waals surface area (Å²) >= 11 is 0. The molecule has 5 unspecified atom stereocenters. The average Bonchev–Trinajstić information content (AvgIpc) is 3.38. The van der Waals surface area contributed by atoms with Gasteiger partial charge in [-0.3, -0.25) is 19.2 Å². The maximum atomic E-state index is 12.8. The maximum Gasteiger partial charge on any atom is 1.00 e. The number of aliphatic carboxylic acids is 2. The van der Waals surface area contributed by atoms with E-state index in [-0.39, 0.29) is 110 Å². The van der Waals surface area contributed by atoms with Crippen molar-refractivity contribution in [2.45, 2.75) is 71.8 Å². The number of nitrogens with zero attached hydrogens (tertiary/aromatic N) is 1. The molecule has 0 aliphatic carbocycles. The largest absolute Gasteiger partial charge is 1.00 e. The standard InChI is InChI=1S/C31H43NO11.2Na/c1-4-21(31(40)42-17-16-41-23-10-7-6-8-11-23)13-14-22(19-43-26(35)18-20(3)33)27(29(36)37)28(30(38)39)24(5-2)32-15-9-12-25(32)34;;/h6-8,10-11,21-22,24,27-28H,4-5,9,12-19H2,1-3H3,(H,36,37)(H,38,39);;/q;2*+1/p-2. The third-order valence-electron chi connectivity index (χ3n) is 7.69. The van der Waals surface area contributed by atoms with Crippen molar-refractivity contribution in [1.29, 1.82) is 0 Å². The summed E-state index contributed by atoms with van der Waals surface area (Å²) in [7, 11) is 0. The summed E-state index contributed by atoms with van der Waals surface area (Å²) in [5.41, 5.74) is 0. The van der Waals surface area contributed by atoms with Crippen LogP contribution < -0.4 is 74.1 Å². The zero-order valence-electron chi connectivity index (χ0n) is 27.0. The number of hydrogen-bond acceptors (Lipinski definition) is 11. The molecule has 0 N–H and O–H groups in total. The van der Waals surface area contributed by atoms with Crippen molar-refractivity contribution in [3.8, 4) is 5.75 Å². The SMILES string of the molecule is CCC(CCC(COC(=O)CC(C)=O)C(C(=O)[O-])C(C(=O)[O-])C(CC)N1CCCC1=O)C(=O)OCCOc1ccccc1.[Na+].[Na+]. The number of carboxylic acid groups (broad SMARTS) is 2. The molecule has 1 saturated heterocycles. The van der Waals surface area contributed by atoms with Crippen molar-refractivity contribution in [2.24, 2.45) is 23.7 Å². The van der Waals surface area contributed by atoms with Crippen LogP contribution in [0, 0.1) is 23.7 Å². The number of Topliss-reactive ketones (excluding diaryl/α,β-unsaturated/α-hetero) is 1. The number of ketones is 1. The van der Waals surface area contributed by atoms with Crippen molar-refractivity contribution in [3.05, 3.63) is 30.3 Å². The molecule has 2 rings (SSSR count). The second-order valence-electron chi connectivity index (χ2n) is 10.7. The zero-order valence-corrected chi connectivity index (χ0v) is 31.0. The number of esters is 2. The van der Waals surface area contributed by atoms with Crippen LogP contribution in [0.15, 0.2) is 30.3 Å². The fraction of sp³-hybridized carbons (Fsp3) is 0.613. The molecule has 1 aliphatic rings. The van der Waals surface area contributed by atoms with Crippen molar-refractivity contribution in [3.63, 3.8) is 0 Å². The van der Waals surface area contributed by atoms with Crippen LogP contribution in [0.25, 0.3) is 0 Å². The van der Waals surface area contributed by atoms with E-state index in [0.29, 0.717) is 18.6 Å². The van der Waals surface area contributed by atoms with Gasteiger partial charge >= 0.3 is 71.1 Å². The van der Waals surface area contributed by atoms with E-state index < -0.39 is 72.4 Å². The van der Waals surface area contributed by atoms with E-state index in [1.54, 1.807) is 38.1 Å². The second kappa shape index (κ2) is 22.5. The van der Waals surface area contributed by atoms with Crippen molar-refractivity contribution < 1.29 is 112 Å². The summed E-state index contributed by atoms with van der Waals surface area (Å²) in [6, 6.07) is 7.98. The minimum absolute atomic E-state index is 0. The molecule has 0 spiro atoms. The number of rotatable bonds is 20. The van der Waals surface area contributed by atoms with Gasteiger partial charge < -0.3 is 38.9 Å². The van der Waals surface area contributed by atoms with Crippen LogP contribution in [0.5, 0.6) is 5.75 Å². The molecule has 238 valence electrons. The molecular formula is C31H41NNa2O11. The first-order valence-corrected chi connectivity index (χ1v) is 14.7. The third kappa shape index (κ3) is 14.1. The number of hydrogen-bond donors (Lipinski definition) is 0. The summed E-state index contributed by atoms with van der Waals surface area (Å²) in [6.07, 6.45) is 0.709. The molecule has 0 bridgehead atoms. The fourth-order valence-corrected chi connectivity index (χ4v) is 5.52. The summed E-state index contributed by atoms with van der Waals surface area (Å²) in [5, 5.41) is 25.0. The van der Waals surface area contributed by atoms with E-state index in [4.69, 9.17) is 14.2 Å². The van der Waals surface area contributed by atoms with Crippen molar-refractivity contribution in [1.82, 2.24) is 4.90 Å². The van der Waals surface area contributed by atoms with Crippen LogP contribution in [-0.4, -0.2) is 72.9 Å². The number of likely N-dealkylation sites (tertiary alicyclic amines) is 1. The first kappa shape index (κ1) is 43.0. The molecular weight excluding hydrogens is 608 g/mol. The number of para-hydroxylation sites is 1. The molecule has 1 aliphatic heterocycles. The normalized spacial score (nSPS) is 15.7. The molecule has 0 aromatic heterocycles. The van der Waals surface area contributed by atoms with E-state index in [9.17, 15) is 39.0 Å². The van der Waals surface area contributed by atoms with Gasteiger partial charge in [-0.1, -0.05) is 32.0 Å². The Kier molecular flexibility index (Phi) is 21.6. The molecule has 14 heteroatoms. The Balaban J connectivity index is 0.00000968. The third-order valence-corrected chi connectivity index (χ3v) is 7.69. The van der Waals surface area contributed by atoms with Gasteiger partial charge in [0.05, 0.1) is 12.5 Å². The first-order chi connectivity index (χ1) is 20.5. The number of carbonyl (C=O) groups excluding carboxylic acids is 6. The van der Waals surface area contributed by atoms with Gasteiger partial charge in [-0.25, -0.2) is 0 Å². The van der Waals surface area contributed by atoms with Crippen LogP contribution in [0.1, 0.15) is 65.7 Å². The number of carboxylic acids is 2. The van der Waals surface area contributed by atoms with Crippen LogP contribution in [0.4, 0.5) is 0 Å². The van der Waals surface area contributed by atoms with Crippen molar-refractivity contribution >= 4 is 35.6 Å². The Hall–Kier alpha value is -1.96. The maximum absolute atomic E-state index is 12.8. The van der Waals surface area contributed by atoms with Gasteiger partial charge in [0.1, 0.15) is 31.2 Å². The first-order valence-electron chi connectivity index (χ1n) is 14.7. The monoisotopic (exact) mass is 649 g/mol. The number of benzene rings is 1. The van der Waals surface area contributed by atoms with Crippen LogP contribution in [0.2, 0.25) is 0 Å². The molecule has 1 heterocycles. The molecule has 1 aromatic rings. The summed E-state index contributed by atoms with van der Waals surface area (Å²) in [5.74, 6) is -10.1. The zero-order chi connectivity index (χ0) is 31.9. The van der Waals surface area contributed by atoms with Crippen molar-refractivity contribution in [2.75, 3.05) is 26.4 Å². The van der Waals surface area contributed by atoms with E-state index in [1.165, 1.54) is 11.8 Å². The molecule has 5 atom stereocenters. The molecule has 1 amide bonds. The van der Waals surface area contributed by atoms with Gasteiger partial charge in [-0.05, 0) is 51.2 Å². The van der Waals surface area contributed by atoms with E-state index in [2.05, 4.69) is 0 Å². The van der Waals surface area contributed by atoms with E-state index in [1.807, 2.05) is 6.07 Å². The summed E-state index contributed by atoms with van der Waals surface area (Å²) < 4.78 is 16.1. The summed E-state index contributed by atoms with van der Waals surface area (Å²) in [6.45, 7) is 4.43. The molecule has 1 aromatic carbocycles. The molecule has 0 radical (unpaired) electrons. The molecule has 45 heavy (non-hydrogen) atoms. The minimum Gasteiger partial charge on any atom is -0.550 e. The minimum atomic E-state index is -1.72. The van der Waals surface area contributed by atoms with E-state index >= 15 is 0 Å². The van der Waals surface area contributed by atoms with Gasteiger partial charge in [0.15, 0.2) is 0 Å². The molecule has 12 nitrogen and oxygen atoms in total. The smallest absolute Gasteiger partial charge is 0.550 e. The Morgan fingerprint density at radius 2 is 1.53 bits per heavy atom. The van der Waals surface area contributed by atoms with Crippen LogP contribution in [-0.2, 0) is 38.2 Å². The molecule has 1 fully saturated rings. The number of ether oxygens (including phenoxy) is 3. The topological polar surface area (TPSA) is 179 Å². The van der Waals surface area contributed by atoms with Gasteiger partial charge in [0.2, 0.25) is 5.91 Å². The van der Waals surface area contributed by atoms with Gasteiger partial charge in [0.25, 0.3) is 0 Å². The van der Waals surface area contributed by atoms with Gasteiger partial charge in [-0.15, -0.1) is 0 Å². The quantitative estimate of drug-likeness (QED) is 0.0570. The Morgan fingerprint density at radius 1 is 0.889 bits per heavy atom. The Labute approximate surface area is 308 Å². The van der Waals surface area contributed by atoms with E-state index in [0.717, 1.165) is 0 Å². The second-order valence-corrected chi connectivity index (χ2v) is 10.7.